The molecule has 2 heteroatoms. The Morgan fingerprint density at radius 2 is 1.83 bits per heavy atom. The number of hydrogen-bond acceptors (Lipinski definition) is 2. The van der Waals surface area contributed by atoms with Crippen molar-refractivity contribution in [2.75, 3.05) is 18.0 Å². The molecule has 1 aliphatic rings. The Kier molecular flexibility index (Phi) is 5.27. The fourth-order valence-electron chi connectivity index (χ4n) is 2.92. The SMILES string of the molecule is CC/C=C\C=C(\C)CN1CC(c2ccccc2)=Nc2ccccc21. The Labute approximate surface area is 144 Å². The molecule has 0 radical (unpaired) electrons. The van der Waals surface area contributed by atoms with Crippen molar-refractivity contribution in [1.82, 2.24) is 0 Å². The monoisotopic (exact) mass is 316 g/mol. The standard InChI is InChI=1S/C22H24N2/c1-3-4-6-11-18(2)16-24-17-21(19-12-7-5-8-13-19)23-20-14-9-10-15-22(20)24/h4-15H,3,16-17H2,1-2H3/b6-4-,18-11-. The topological polar surface area (TPSA) is 15.6 Å². The first-order valence-electron chi connectivity index (χ1n) is 8.57. The van der Waals surface area contributed by atoms with E-state index in [2.05, 4.69) is 85.5 Å². The van der Waals surface area contributed by atoms with E-state index in [-0.39, 0.29) is 0 Å². The van der Waals surface area contributed by atoms with Gasteiger partial charge in [-0.05, 0) is 31.0 Å². The third kappa shape index (κ3) is 3.83. The zero-order valence-electron chi connectivity index (χ0n) is 14.4. The van der Waals surface area contributed by atoms with Gasteiger partial charge in [0.2, 0.25) is 0 Å². The lowest BCUT2D eigenvalue weighted by atomic mass is 10.1. The molecule has 0 bridgehead atoms. The number of rotatable bonds is 5. The van der Waals surface area contributed by atoms with Crippen LogP contribution in [0.4, 0.5) is 11.4 Å². The van der Waals surface area contributed by atoms with Gasteiger partial charge in [-0.3, -0.25) is 0 Å². The summed E-state index contributed by atoms with van der Waals surface area (Å²) < 4.78 is 0. The van der Waals surface area contributed by atoms with Crippen LogP contribution >= 0.6 is 0 Å². The van der Waals surface area contributed by atoms with Crippen LogP contribution in [-0.2, 0) is 0 Å². The van der Waals surface area contributed by atoms with Gasteiger partial charge in [-0.2, -0.15) is 0 Å². The van der Waals surface area contributed by atoms with Crippen LogP contribution in [0.5, 0.6) is 0 Å². The maximum absolute atomic E-state index is 4.89. The van der Waals surface area contributed by atoms with Gasteiger partial charge in [0.1, 0.15) is 0 Å². The summed E-state index contributed by atoms with van der Waals surface area (Å²) in [7, 11) is 0. The minimum Gasteiger partial charge on any atom is -0.360 e. The summed E-state index contributed by atoms with van der Waals surface area (Å²) in [5, 5.41) is 0. The molecule has 3 rings (SSSR count). The molecular weight excluding hydrogens is 292 g/mol. The lowest BCUT2D eigenvalue weighted by molar-refractivity contribution is 0.925. The molecule has 0 N–H and O–H groups in total. The molecule has 0 fully saturated rings. The number of para-hydroxylation sites is 2. The van der Waals surface area contributed by atoms with Gasteiger partial charge in [0, 0.05) is 6.54 Å². The summed E-state index contributed by atoms with van der Waals surface area (Å²) in [6.07, 6.45) is 7.61. The zero-order valence-corrected chi connectivity index (χ0v) is 14.4. The highest BCUT2D eigenvalue weighted by atomic mass is 15.2. The number of allylic oxidation sites excluding steroid dienone is 3. The van der Waals surface area contributed by atoms with Gasteiger partial charge in [0.05, 0.1) is 23.6 Å². The number of benzene rings is 2. The predicted octanol–water partition coefficient (Wildman–Crippen LogP) is 5.54. The van der Waals surface area contributed by atoms with E-state index in [0.717, 1.165) is 30.9 Å². The third-order valence-corrected chi connectivity index (χ3v) is 4.12. The molecule has 0 saturated carbocycles. The molecule has 24 heavy (non-hydrogen) atoms. The Balaban J connectivity index is 1.89. The van der Waals surface area contributed by atoms with Crippen LogP contribution in [0, 0.1) is 0 Å². The molecule has 2 nitrogen and oxygen atoms in total. The molecule has 2 aromatic carbocycles. The second-order valence-electron chi connectivity index (χ2n) is 6.12. The van der Waals surface area contributed by atoms with Crippen LogP contribution in [0.1, 0.15) is 25.8 Å². The van der Waals surface area contributed by atoms with Crippen molar-refractivity contribution in [3.05, 3.63) is 84.0 Å². The van der Waals surface area contributed by atoms with Crippen molar-refractivity contribution < 1.29 is 0 Å². The number of anilines is 1. The van der Waals surface area contributed by atoms with E-state index in [9.17, 15) is 0 Å². The number of aliphatic imine (C=N–C) groups is 1. The summed E-state index contributed by atoms with van der Waals surface area (Å²) in [4.78, 5) is 7.30. The van der Waals surface area contributed by atoms with Crippen LogP contribution in [0.25, 0.3) is 0 Å². The van der Waals surface area contributed by atoms with E-state index < -0.39 is 0 Å². The maximum atomic E-state index is 4.89. The molecule has 0 aromatic heterocycles. The molecule has 0 atom stereocenters. The average molecular weight is 316 g/mol. The lowest BCUT2D eigenvalue weighted by Crippen LogP contribution is -2.34. The molecule has 2 aromatic rings. The van der Waals surface area contributed by atoms with Gasteiger partial charge >= 0.3 is 0 Å². The summed E-state index contributed by atoms with van der Waals surface area (Å²) >= 11 is 0. The second kappa shape index (κ2) is 7.78. The lowest BCUT2D eigenvalue weighted by Gasteiger charge is -2.31. The average Bonchev–Trinajstić information content (AvgIpc) is 2.62. The first-order chi connectivity index (χ1) is 11.8. The normalized spacial score (nSPS) is 14.7. The summed E-state index contributed by atoms with van der Waals surface area (Å²) in [6.45, 7) is 6.10. The molecule has 0 unspecified atom stereocenters. The van der Waals surface area contributed by atoms with E-state index in [4.69, 9.17) is 4.99 Å². The van der Waals surface area contributed by atoms with Crippen LogP contribution in [0.2, 0.25) is 0 Å². The van der Waals surface area contributed by atoms with Crippen LogP contribution < -0.4 is 4.90 Å². The second-order valence-corrected chi connectivity index (χ2v) is 6.12. The van der Waals surface area contributed by atoms with Gasteiger partial charge in [-0.25, -0.2) is 4.99 Å². The molecule has 1 aliphatic heterocycles. The van der Waals surface area contributed by atoms with Gasteiger partial charge in [0.25, 0.3) is 0 Å². The van der Waals surface area contributed by atoms with Gasteiger partial charge < -0.3 is 4.90 Å². The Morgan fingerprint density at radius 1 is 1.08 bits per heavy atom. The highest BCUT2D eigenvalue weighted by Crippen LogP contribution is 2.33. The highest BCUT2D eigenvalue weighted by molar-refractivity contribution is 6.07. The Bertz CT molecular complexity index is 770. The van der Waals surface area contributed by atoms with E-state index >= 15 is 0 Å². The van der Waals surface area contributed by atoms with E-state index in [1.807, 2.05) is 6.07 Å². The van der Waals surface area contributed by atoms with Crippen LogP contribution in [0.3, 0.4) is 0 Å². The van der Waals surface area contributed by atoms with Crippen LogP contribution in [0.15, 0.2) is 83.4 Å². The largest absolute Gasteiger partial charge is 0.360 e. The van der Waals surface area contributed by atoms with Crippen molar-refractivity contribution >= 4 is 17.1 Å². The van der Waals surface area contributed by atoms with Gasteiger partial charge in [-0.15, -0.1) is 0 Å². The molecule has 0 amide bonds. The minimum atomic E-state index is 0.837. The Morgan fingerprint density at radius 3 is 2.62 bits per heavy atom. The molecule has 0 saturated heterocycles. The number of nitrogens with zero attached hydrogens (tertiary/aromatic N) is 2. The van der Waals surface area contributed by atoms with Crippen LogP contribution in [-0.4, -0.2) is 18.8 Å². The maximum Gasteiger partial charge on any atom is 0.0867 e. The van der Waals surface area contributed by atoms with Gasteiger partial charge in [0.15, 0.2) is 0 Å². The zero-order chi connectivity index (χ0) is 16.8. The Hall–Kier alpha value is -2.61. The minimum absolute atomic E-state index is 0.837. The molecule has 0 spiro atoms. The number of hydrogen-bond donors (Lipinski definition) is 0. The highest BCUT2D eigenvalue weighted by Gasteiger charge is 2.19. The van der Waals surface area contributed by atoms with Crippen molar-refractivity contribution in [1.29, 1.82) is 0 Å². The fraction of sp³-hybridized carbons (Fsp3) is 0.227. The summed E-state index contributed by atoms with van der Waals surface area (Å²) in [5.74, 6) is 0. The summed E-state index contributed by atoms with van der Waals surface area (Å²) in [5.41, 5.74) is 5.95. The van der Waals surface area contributed by atoms with Crippen molar-refractivity contribution in [2.24, 2.45) is 4.99 Å². The van der Waals surface area contributed by atoms with Crippen molar-refractivity contribution in [2.45, 2.75) is 20.3 Å². The van der Waals surface area contributed by atoms with E-state index in [1.165, 1.54) is 16.8 Å². The molecule has 1 heterocycles. The van der Waals surface area contributed by atoms with Gasteiger partial charge in [-0.1, -0.05) is 73.2 Å². The third-order valence-electron chi connectivity index (χ3n) is 4.12. The van der Waals surface area contributed by atoms with E-state index in [0.29, 0.717) is 0 Å². The smallest absolute Gasteiger partial charge is 0.0867 e. The first-order valence-corrected chi connectivity index (χ1v) is 8.57. The van der Waals surface area contributed by atoms with E-state index in [1.54, 1.807) is 0 Å². The predicted molar refractivity (Wildman–Crippen MR) is 104 cm³/mol. The first kappa shape index (κ1) is 16.3. The van der Waals surface area contributed by atoms with Crippen molar-refractivity contribution in [3.8, 4) is 0 Å². The molecule has 122 valence electrons. The quantitative estimate of drug-likeness (QED) is 0.661. The fourth-order valence-corrected chi connectivity index (χ4v) is 2.92. The summed E-state index contributed by atoms with van der Waals surface area (Å²) in [6, 6.07) is 18.9. The van der Waals surface area contributed by atoms with Crippen molar-refractivity contribution in [3.63, 3.8) is 0 Å². The molecular formula is C22H24N2. The number of fused-ring (bicyclic) bond motifs is 1. The molecule has 0 aliphatic carbocycles.